The largest absolute Gasteiger partial charge is 0.381 e. The summed E-state index contributed by atoms with van der Waals surface area (Å²) in [6, 6.07) is 0. The highest BCUT2D eigenvalue weighted by Crippen LogP contribution is 1.97. The third-order valence-corrected chi connectivity index (χ3v) is 1.79. The molecular formula is C9H17N3O. The van der Waals surface area contributed by atoms with Crippen molar-refractivity contribution in [1.29, 1.82) is 0 Å². The maximum atomic E-state index is 5.37. The lowest BCUT2D eigenvalue weighted by Gasteiger charge is -2.00. The van der Waals surface area contributed by atoms with E-state index in [1.165, 1.54) is 5.56 Å². The van der Waals surface area contributed by atoms with Gasteiger partial charge in [-0.05, 0) is 24.9 Å². The molecule has 4 nitrogen and oxygen atoms in total. The Kier molecular flexibility index (Phi) is 4.49. The van der Waals surface area contributed by atoms with E-state index in [0.29, 0.717) is 6.54 Å². The normalized spacial score (nSPS) is 10.6. The third kappa shape index (κ3) is 4.05. The van der Waals surface area contributed by atoms with Crippen molar-refractivity contribution < 1.29 is 4.74 Å². The first-order chi connectivity index (χ1) is 6.33. The van der Waals surface area contributed by atoms with Gasteiger partial charge in [0.2, 0.25) is 0 Å². The predicted octanol–water partition coefficient (Wildman–Crippen LogP) is 0.328. The van der Waals surface area contributed by atoms with Crippen molar-refractivity contribution in [2.45, 2.75) is 12.8 Å². The number of nitrogens with two attached hydrogens (primary N) is 1. The van der Waals surface area contributed by atoms with Crippen LogP contribution in [0, 0.1) is 0 Å². The molecule has 0 aliphatic rings. The minimum absolute atomic E-state index is 0.701. The van der Waals surface area contributed by atoms with Crippen LogP contribution in [-0.4, -0.2) is 29.5 Å². The Balaban J connectivity index is 2.06. The van der Waals surface area contributed by atoms with Crippen molar-refractivity contribution in [1.82, 2.24) is 9.78 Å². The standard InChI is InChI=1S/C9H17N3O/c1-12-8-9(7-11-12)3-6-13-5-2-4-10/h7-8H,2-6,10H2,1H3. The minimum Gasteiger partial charge on any atom is -0.381 e. The summed E-state index contributed by atoms with van der Waals surface area (Å²) in [7, 11) is 1.92. The van der Waals surface area contributed by atoms with E-state index in [4.69, 9.17) is 10.5 Å². The molecule has 0 aromatic carbocycles. The number of hydrogen-bond acceptors (Lipinski definition) is 3. The Morgan fingerprint density at radius 1 is 1.54 bits per heavy atom. The molecule has 0 aliphatic heterocycles. The lowest BCUT2D eigenvalue weighted by Crippen LogP contribution is -2.06. The van der Waals surface area contributed by atoms with E-state index >= 15 is 0 Å². The van der Waals surface area contributed by atoms with Gasteiger partial charge in [0.1, 0.15) is 0 Å². The first-order valence-electron chi connectivity index (χ1n) is 4.58. The molecular weight excluding hydrogens is 166 g/mol. The molecule has 0 saturated heterocycles. The van der Waals surface area contributed by atoms with E-state index in [1.54, 1.807) is 4.68 Å². The number of aromatic nitrogens is 2. The first-order valence-corrected chi connectivity index (χ1v) is 4.58. The average molecular weight is 183 g/mol. The smallest absolute Gasteiger partial charge is 0.0522 e. The van der Waals surface area contributed by atoms with Crippen LogP contribution in [0.15, 0.2) is 12.4 Å². The fraction of sp³-hybridized carbons (Fsp3) is 0.667. The maximum Gasteiger partial charge on any atom is 0.0522 e. The van der Waals surface area contributed by atoms with E-state index in [-0.39, 0.29) is 0 Å². The van der Waals surface area contributed by atoms with Crippen LogP contribution in [0.5, 0.6) is 0 Å². The topological polar surface area (TPSA) is 53.1 Å². The van der Waals surface area contributed by atoms with Crippen LogP contribution in [0.1, 0.15) is 12.0 Å². The second kappa shape index (κ2) is 5.72. The highest BCUT2D eigenvalue weighted by molar-refractivity contribution is 5.03. The van der Waals surface area contributed by atoms with Crippen LogP contribution in [0.2, 0.25) is 0 Å². The molecule has 0 aliphatic carbocycles. The summed E-state index contributed by atoms with van der Waals surface area (Å²) >= 11 is 0. The molecule has 0 unspecified atom stereocenters. The quantitative estimate of drug-likeness (QED) is 0.646. The SMILES string of the molecule is Cn1cc(CCOCCCN)cn1. The Labute approximate surface area is 78.7 Å². The molecule has 1 heterocycles. The van der Waals surface area contributed by atoms with Gasteiger partial charge in [0.05, 0.1) is 12.8 Å². The van der Waals surface area contributed by atoms with Crippen molar-refractivity contribution in [3.8, 4) is 0 Å². The summed E-state index contributed by atoms with van der Waals surface area (Å²) in [4.78, 5) is 0. The molecule has 0 spiro atoms. The second-order valence-corrected chi connectivity index (χ2v) is 3.03. The van der Waals surface area contributed by atoms with Crippen molar-refractivity contribution in [2.75, 3.05) is 19.8 Å². The third-order valence-electron chi connectivity index (χ3n) is 1.79. The van der Waals surface area contributed by atoms with Gasteiger partial charge in [0, 0.05) is 19.9 Å². The van der Waals surface area contributed by atoms with Gasteiger partial charge in [-0.3, -0.25) is 4.68 Å². The molecule has 2 N–H and O–H groups in total. The van der Waals surface area contributed by atoms with E-state index in [1.807, 2.05) is 19.4 Å². The van der Waals surface area contributed by atoms with Gasteiger partial charge in [-0.1, -0.05) is 0 Å². The Morgan fingerprint density at radius 2 is 2.38 bits per heavy atom. The average Bonchev–Trinajstić information content (AvgIpc) is 2.51. The fourth-order valence-electron chi connectivity index (χ4n) is 1.08. The number of nitrogens with zero attached hydrogens (tertiary/aromatic N) is 2. The van der Waals surface area contributed by atoms with E-state index in [0.717, 1.165) is 26.1 Å². The van der Waals surface area contributed by atoms with Gasteiger partial charge in [-0.25, -0.2) is 0 Å². The van der Waals surface area contributed by atoms with E-state index < -0.39 is 0 Å². The zero-order chi connectivity index (χ0) is 9.52. The summed E-state index contributed by atoms with van der Waals surface area (Å²) in [6.07, 6.45) is 5.74. The highest BCUT2D eigenvalue weighted by atomic mass is 16.5. The summed E-state index contributed by atoms with van der Waals surface area (Å²) < 4.78 is 7.17. The molecule has 1 rings (SSSR count). The number of ether oxygens (including phenoxy) is 1. The number of hydrogen-bond donors (Lipinski definition) is 1. The number of aryl methyl sites for hydroxylation is 1. The van der Waals surface area contributed by atoms with Crippen LogP contribution in [0.3, 0.4) is 0 Å². The van der Waals surface area contributed by atoms with Crippen LogP contribution >= 0.6 is 0 Å². The minimum atomic E-state index is 0.701. The van der Waals surface area contributed by atoms with Gasteiger partial charge < -0.3 is 10.5 Å². The van der Waals surface area contributed by atoms with E-state index in [2.05, 4.69) is 5.10 Å². The zero-order valence-electron chi connectivity index (χ0n) is 8.07. The summed E-state index contributed by atoms with van der Waals surface area (Å²) in [5.74, 6) is 0. The van der Waals surface area contributed by atoms with Crippen LogP contribution in [0.25, 0.3) is 0 Å². The monoisotopic (exact) mass is 183 g/mol. The molecule has 13 heavy (non-hydrogen) atoms. The van der Waals surface area contributed by atoms with Gasteiger partial charge >= 0.3 is 0 Å². The van der Waals surface area contributed by atoms with Crippen LogP contribution in [0.4, 0.5) is 0 Å². The van der Waals surface area contributed by atoms with E-state index in [9.17, 15) is 0 Å². The molecule has 74 valence electrons. The Morgan fingerprint density at radius 3 is 3.00 bits per heavy atom. The lowest BCUT2D eigenvalue weighted by molar-refractivity contribution is 0.136. The highest BCUT2D eigenvalue weighted by Gasteiger charge is 1.95. The van der Waals surface area contributed by atoms with Crippen molar-refractivity contribution in [2.24, 2.45) is 12.8 Å². The fourth-order valence-corrected chi connectivity index (χ4v) is 1.08. The summed E-state index contributed by atoms with van der Waals surface area (Å²) in [5, 5.41) is 4.07. The van der Waals surface area contributed by atoms with Crippen LogP contribution < -0.4 is 5.73 Å². The molecule has 0 bridgehead atoms. The molecule has 1 aromatic rings. The molecule has 0 saturated carbocycles. The molecule has 4 heteroatoms. The van der Waals surface area contributed by atoms with Gasteiger partial charge in [-0.2, -0.15) is 5.10 Å². The van der Waals surface area contributed by atoms with Crippen molar-refractivity contribution >= 4 is 0 Å². The maximum absolute atomic E-state index is 5.37. The lowest BCUT2D eigenvalue weighted by atomic mass is 10.3. The first kappa shape index (κ1) is 10.2. The second-order valence-electron chi connectivity index (χ2n) is 3.03. The van der Waals surface area contributed by atoms with Crippen LogP contribution in [-0.2, 0) is 18.2 Å². The molecule has 0 radical (unpaired) electrons. The van der Waals surface area contributed by atoms with Crippen molar-refractivity contribution in [3.63, 3.8) is 0 Å². The number of rotatable bonds is 6. The molecule has 0 amide bonds. The zero-order valence-corrected chi connectivity index (χ0v) is 8.07. The Hall–Kier alpha value is -0.870. The molecule has 0 atom stereocenters. The summed E-state index contributed by atoms with van der Waals surface area (Å²) in [5.41, 5.74) is 6.55. The van der Waals surface area contributed by atoms with Gasteiger partial charge in [-0.15, -0.1) is 0 Å². The summed E-state index contributed by atoms with van der Waals surface area (Å²) in [6.45, 7) is 2.22. The molecule has 1 aromatic heterocycles. The predicted molar refractivity (Wildman–Crippen MR) is 51.4 cm³/mol. The van der Waals surface area contributed by atoms with Crippen molar-refractivity contribution in [3.05, 3.63) is 18.0 Å². The Bertz CT molecular complexity index is 235. The van der Waals surface area contributed by atoms with Gasteiger partial charge in [0.15, 0.2) is 0 Å². The van der Waals surface area contributed by atoms with Gasteiger partial charge in [0.25, 0.3) is 0 Å². The molecule has 0 fully saturated rings.